The second-order valence-electron chi connectivity index (χ2n) is 4.78. The molecular formula is C15H21NO3S. The van der Waals surface area contributed by atoms with E-state index >= 15 is 0 Å². The van der Waals surface area contributed by atoms with Crippen molar-refractivity contribution in [1.29, 1.82) is 0 Å². The highest BCUT2D eigenvalue weighted by molar-refractivity contribution is 8.00. The van der Waals surface area contributed by atoms with Crippen molar-refractivity contribution in [2.45, 2.75) is 31.6 Å². The van der Waals surface area contributed by atoms with Crippen LogP contribution in [-0.4, -0.2) is 29.3 Å². The molecule has 20 heavy (non-hydrogen) atoms. The number of carbonyl (C=O) groups excluding carboxylic acids is 1. The Kier molecular flexibility index (Phi) is 7.15. The lowest BCUT2D eigenvalue weighted by Gasteiger charge is -2.13. The fourth-order valence-electron chi connectivity index (χ4n) is 1.70. The Labute approximate surface area is 124 Å². The first-order valence-electron chi connectivity index (χ1n) is 6.69. The molecule has 1 rings (SSSR count). The Hall–Kier alpha value is -1.49. The van der Waals surface area contributed by atoms with Crippen LogP contribution in [0.3, 0.4) is 0 Å². The van der Waals surface area contributed by atoms with Crippen LogP contribution in [0.15, 0.2) is 29.2 Å². The fourth-order valence-corrected chi connectivity index (χ4v) is 2.43. The number of thioether (sulfide) groups is 1. The molecule has 0 spiro atoms. The Morgan fingerprint density at radius 3 is 2.50 bits per heavy atom. The molecule has 110 valence electrons. The number of aryl methyl sites for hydroxylation is 1. The van der Waals surface area contributed by atoms with E-state index in [4.69, 9.17) is 5.11 Å². The first kappa shape index (κ1) is 16.6. The molecule has 1 aromatic carbocycles. The predicted octanol–water partition coefficient (Wildman–Crippen LogP) is 2.70. The highest BCUT2D eigenvalue weighted by atomic mass is 32.2. The zero-order valence-electron chi connectivity index (χ0n) is 11.9. The second-order valence-corrected chi connectivity index (χ2v) is 5.83. The van der Waals surface area contributed by atoms with Gasteiger partial charge in [-0.05, 0) is 25.0 Å². The summed E-state index contributed by atoms with van der Waals surface area (Å²) in [7, 11) is 0. The summed E-state index contributed by atoms with van der Waals surface area (Å²) in [5.41, 5.74) is 1.19. The highest BCUT2D eigenvalue weighted by Gasteiger charge is 2.12. The number of carbonyl (C=O) groups is 2. The van der Waals surface area contributed by atoms with Crippen LogP contribution in [0.1, 0.15) is 25.3 Å². The van der Waals surface area contributed by atoms with Crippen LogP contribution in [0.2, 0.25) is 0 Å². The van der Waals surface area contributed by atoms with Crippen molar-refractivity contribution in [3.8, 4) is 0 Å². The van der Waals surface area contributed by atoms with E-state index in [0.717, 1.165) is 11.3 Å². The maximum Gasteiger partial charge on any atom is 0.303 e. The Morgan fingerprint density at radius 2 is 1.95 bits per heavy atom. The first-order chi connectivity index (χ1) is 9.51. The van der Waals surface area contributed by atoms with E-state index in [1.807, 2.05) is 38.1 Å². The van der Waals surface area contributed by atoms with E-state index in [-0.39, 0.29) is 18.2 Å². The molecule has 0 aliphatic heterocycles. The van der Waals surface area contributed by atoms with Crippen molar-refractivity contribution < 1.29 is 14.7 Å². The third-order valence-electron chi connectivity index (χ3n) is 3.02. The molecule has 0 saturated heterocycles. The summed E-state index contributed by atoms with van der Waals surface area (Å²) in [6.45, 7) is 4.38. The third kappa shape index (κ3) is 6.61. The van der Waals surface area contributed by atoms with E-state index in [2.05, 4.69) is 5.32 Å². The second kappa shape index (κ2) is 8.64. The summed E-state index contributed by atoms with van der Waals surface area (Å²) in [6.07, 6.45) is 0.847. The minimum atomic E-state index is -0.819. The van der Waals surface area contributed by atoms with Crippen molar-refractivity contribution in [2.75, 3.05) is 12.3 Å². The maximum atomic E-state index is 11.7. The van der Waals surface area contributed by atoms with Gasteiger partial charge in [0.15, 0.2) is 0 Å². The maximum absolute atomic E-state index is 11.7. The number of carboxylic acids is 1. The van der Waals surface area contributed by atoms with Gasteiger partial charge in [-0.1, -0.05) is 31.0 Å². The standard InChI is InChI=1S/C15H21NO3S/c1-3-12(8-15(18)19)9-16-14(17)10-20-13-6-4-11(2)5-7-13/h4-7,12H,3,8-10H2,1-2H3,(H,16,17)(H,18,19). The average molecular weight is 295 g/mol. The zero-order valence-corrected chi connectivity index (χ0v) is 12.7. The molecule has 0 bridgehead atoms. The molecule has 5 heteroatoms. The van der Waals surface area contributed by atoms with Gasteiger partial charge >= 0.3 is 5.97 Å². The zero-order chi connectivity index (χ0) is 15.0. The number of aliphatic carboxylic acids is 1. The SMILES string of the molecule is CCC(CNC(=O)CSc1ccc(C)cc1)CC(=O)O. The van der Waals surface area contributed by atoms with Crippen molar-refractivity contribution in [3.05, 3.63) is 29.8 Å². The number of carboxylic acid groups (broad SMARTS) is 1. The summed E-state index contributed by atoms with van der Waals surface area (Å²) >= 11 is 1.48. The normalized spacial score (nSPS) is 11.9. The monoisotopic (exact) mass is 295 g/mol. The molecule has 1 amide bonds. The third-order valence-corrected chi connectivity index (χ3v) is 4.03. The molecule has 0 aliphatic carbocycles. The smallest absolute Gasteiger partial charge is 0.303 e. The average Bonchev–Trinajstić information content (AvgIpc) is 2.42. The van der Waals surface area contributed by atoms with Crippen molar-refractivity contribution in [2.24, 2.45) is 5.92 Å². The van der Waals surface area contributed by atoms with Gasteiger partial charge < -0.3 is 10.4 Å². The van der Waals surface area contributed by atoms with Crippen LogP contribution >= 0.6 is 11.8 Å². The molecule has 1 atom stereocenters. The van der Waals surface area contributed by atoms with Gasteiger partial charge in [-0.3, -0.25) is 9.59 Å². The number of hydrogen-bond acceptors (Lipinski definition) is 3. The number of nitrogens with one attached hydrogen (secondary N) is 1. The van der Waals surface area contributed by atoms with Gasteiger partial charge in [0.2, 0.25) is 5.91 Å². The Balaban J connectivity index is 2.29. The minimum absolute atomic E-state index is 0.000764. The molecule has 0 heterocycles. The molecular weight excluding hydrogens is 274 g/mol. The summed E-state index contributed by atoms with van der Waals surface area (Å²) in [5, 5.41) is 11.5. The molecule has 0 radical (unpaired) electrons. The molecule has 1 aromatic rings. The number of benzene rings is 1. The van der Waals surface area contributed by atoms with Crippen LogP contribution in [-0.2, 0) is 9.59 Å². The summed E-state index contributed by atoms with van der Waals surface area (Å²) in [4.78, 5) is 23.4. The van der Waals surface area contributed by atoms with Crippen LogP contribution in [0.5, 0.6) is 0 Å². The molecule has 0 aliphatic rings. The van der Waals surface area contributed by atoms with E-state index < -0.39 is 5.97 Å². The molecule has 2 N–H and O–H groups in total. The Bertz CT molecular complexity index is 445. The number of rotatable bonds is 8. The van der Waals surface area contributed by atoms with Crippen molar-refractivity contribution >= 4 is 23.6 Å². The van der Waals surface area contributed by atoms with E-state index in [9.17, 15) is 9.59 Å². The topological polar surface area (TPSA) is 66.4 Å². The van der Waals surface area contributed by atoms with Gasteiger partial charge in [0.1, 0.15) is 0 Å². The number of amides is 1. The van der Waals surface area contributed by atoms with Crippen LogP contribution in [0.4, 0.5) is 0 Å². The highest BCUT2D eigenvalue weighted by Crippen LogP contribution is 2.17. The van der Waals surface area contributed by atoms with Gasteiger partial charge in [0, 0.05) is 17.9 Å². The van der Waals surface area contributed by atoms with Gasteiger partial charge in [0.05, 0.1) is 5.75 Å². The summed E-state index contributed by atoms with van der Waals surface area (Å²) in [6, 6.07) is 8.01. The lowest BCUT2D eigenvalue weighted by atomic mass is 10.0. The molecule has 0 saturated carbocycles. The van der Waals surface area contributed by atoms with Gasteiger partial charge in [0.25, 0.3) is 0 Å². The first-order valence-corrected chi connectivity index (χ1v) is 7.67. The molecule has 1 unspecified atom stereocenters. The van der Waals surface area contributed by atoms with Crippen molar-refractivity contribution in [1.82, 2.24) is 5.32 Å². The fraction of sp³-hybridized carbons (Fsp3) is 0.467. The van der Waals surface area contributed by atoms with E-state index in [0.29, 0.717) is 12.3 Å². The summed E-state index contributed by atoms with van der Waals surface area (Å²) < 4.78 is 0. The number of hydrogen-bond donors (Lipinski definition) is 2. The quantitative estimate of drug-likeness (QED) is 0.724. The molecule has 0 aromatic heterocycles. The molecule has 0 fully saturated rings. The van der Waals surface area contributed by atoms with Gasteiger partial charge in [-0.15, -0.1) is 11.8 Å². The minimum Gasteiger partial charge on any atom is -0.481 e. The van der Waals surface area contributed by atoms with Crippen molar-refractivity contribution in [3.63, 3.8) is 0 Å². The van der Waals surface area contributed by atoms with Crippen LogP contribution in [0.25, 0.3) is 0 Å². The van der Waals surface area contributed by atoms with Crippen LogP contribution in [0, 0.1) is 12.8 Å². The summed E-state index contributed by atoms with van der Waals surface area (Å²) in [5.74, 6) is -0.521. The van der Waals surface area contributed by atoms with E-state index in [1.165, 1.54) is 17.3 Å². The molecule has 4 nitrogen and oxygen atoms in total. The lowest BCUT2D eigenvalue weighted by molar-refractivity contribution is -0.138. The largest absolute Gasteiger partial charge is 0.481 e. The predicted molar refractivity (Wildman–Crippen MR) is 80.9 cm³/mol. The van der Waals surface area contributed by atoms with Gasteiger partial charge in [-0.2, -0.15) is 0 Å². The van der Waals surface area contributed by atoms with Crippen LogP contribution < -0.4 is 5.32 Å². The van der Waals surface area contributed by atoms with Gasteiger partial charge in [-0.25, -0.2) is 0 Å². The van der Waals surface area contributed by atoms with E-state index in [1.54, 1.807) is 0 Å². The Morgan fingerprint density at radius 1 is 1.30 bits per heavy atom. The lowest BCUT2D eigenvalue weighted by Crippen LogP contribution is -2.31.